The summed E-state index contributed by atoms with van der Waals surface area (Å²) >= 11 is 7.70. The molecule has 2 aliphatic heterocycles. The highest BCUT2D eigenvalue weighted by atomic mass is 35.5. The van der Waals surface area contributed by atoms with E-state index in [4.69, 9.17) is 21.1 Å². The van der Waals surface area contributed by atoms with Crippen molar-refractivity contribution in [1.29, 1.82) is 0 Å². The van der Waals surface area contributed by atoms with Gasteiger partial charge in [0.2, 0.25) is 0 Å². The quantitative estimate of drug-likeness (QED) is 0.697. The monoisotopic (exact) mass is 475 g/mol. The number of piperidine rings is 1. The summed E-state index contributed by atoms with van der Waals surface area (Å²) in [7, 11) is 1.61. The van der Waals surface area contributed by atoms with E-state index in [1.807, 2.05) is 40.9 Å². The highest BCUT2D eigenvalue weighted by molar-refractivity contribution is 8.00. The van der Waals surface area contributed by atoms with E-state index >= 15 is 0 Å². The number of amides is 3. The molecule has 1 N–H and O–H groups in total. The number of benzene rings is 2. The number of thioether (sulfide) groups is 1. The summed E-state index contributed by atoms with van der Waals surface area (Å²) in [6, 6.07) is 14.1. The van der Waals surface area contributed by atoms with Gasteiger partial charge in [0.15, 0.2) is 6.61 Å². The summed E-state index contributed by atoms with van der Waals surface area (Å²) < 4.78 is 10.8. The zero-order chi connectivity index (χ0) is 22.6. The first-order valence-corrected chi connectivity index (χ1v) is 11.9. The van der Waals surface area contributed by atoms with Crippen molar-refractivity contribution in [1.82, 2.24) is 9.80 Å². The van der Waals surface area contributed by atoms with E-state index in [9.17, 15) is 9.59 Å². The Labute approximate surface area is 197 Å². The van der Waals surface area contributed by atoms with Gasteiger partial charge in [-0.1, -0.05) is 11.6 Å². The number of carbonyl (C=O) groups is 2. The number of methoxy groups -OCH3 is 1. The molecular formula is C23H26ClN3O4S. The van der Waals surface area contributed by atoms with Crippen molar-refractivity contribution in [3.8, 4) is 11.5 Å². The molecule has 2 aromatic rings. The van der Waals surface area contributed by atoms with E-state index in [1.165, 1.54) is 0 Å². The molecule has 0 aliphatic carbocycles. The minimum Gasteiger partial charge on any atom is -0.497 e. The molecule has 3 amide bonds. The number of ether oxygens (including phenoxy) is 2. The second kappa shape index (κ2) is 9.92. The lowest BCUT2D eigenvalue weighted by molar-refractivity contribution is -0.136. The van der Waals surface area contributed by atoms with Crippen molar-refractivity contribution >= 4 is 41.0 Å². The smallest absolute Gasteiger partial charge is 0.321 e. The first-order valence-electron chi connectivity index (χ1n) is 10.5. The van der Waals surface area contributed by atoms with Crippen LogP contribution in [0.5, 0.6) is 11.5 Å². The summed E-state index contributed by atoms with van der Waals surface area (Å²) in [4.78, 5) is 29.1. The fourth-order valence-electron chi connectivity index (χ4n) is 4.06. The van der Waals surface area contributed by atoms with E-state index in [1.54, 1.807) is 36.3 Å². The minimum atomic E-state index is -0.267. The zero-order valence-electron chi connectivity index (χ0n) is 17.9. The third-order valence-electron chi connectivity index (χ3n) is 5.83. The van der Waals surface area contributed by atoms with Crippen LogP contribution in [0, 0.1) is 0 Å². The molecule has 170 valence electrons. The molecule has 32 heavy (non-hydrogen) atoms. The lowest BCUT2D eigenvalue weighted by Gasteiger charge is -2.43. The second-order valence-corrected chi connectivity index (χ2v) is 9.62. The summed E-state index contributed by atoms with van der Waals surface area (Å²) in [5.74, 6) is 2.23. The molecule has 0 unspecified atom stereocenters. The molecule has 0 bridgehead atoms. The van der Waals surface area contributed by atoms with Crippen molar-refractivity contribution in [3.05, 3.63) is 53.6 Å². The van der Waals surface area contributed by atoms with Gasteiger partial charge in [-0.15, -0.1) is 11.8 Å². The van der Waals surface area contributed by atoms with Crippen LogP contribution >= 0.6 is 23.4 Å². The Morgan fingerprint density at radius 1 is 1.03 bits per heavy atom. The van der Waals surface area contributed by atoms with Gasteiger partial charge in [0.25, 0.3) is 5.91 Å². The SMILES string of the molecule is COc1ccc(NC(=O)N2CCC3(CC2)SCCN3C(=O)COc2ccc(Cl)cc2)cc1. The van der Waals surface area contributed by atoms with Gasteiger partial charge in [-0.05, 0) is 61.4 Å². The van der Waals surface area contributed by atoms with Crippen molar-refractivity contribution in [2.45, 2.75) is 17.7 Å². The number of rotatable bonds is 5. The molecule has 2 aromatic carbocycles. The summed E-state index contributed by atoms with van der Waals surface area (Å²) in [5.41, 5.74) is 0.725. The number of carbonyl (C=O) groups excluding carboxylic acids is 2. The molecular weight excluding hydrogens is 450 g/mol. The molecule has 0 saturated carbocycles. The molecule has 0 radical (unpaired) electrons. The van der Waals surface area contributed by atoms with Crippen molar-refractivity contribution in [2.24, 2.45) is 0 Å². The van der Waals surface area contributed by atoms with Crippen molar-refractivity contribution < 1.29 is 19.1 Å². The Bertz CT molecular complexity index is 947. The van der Waals surface area contributed by atoms with Crippen LogP contribution in [0.15, 0.2) is 48.5 Å². The molecule has 2 aliphatic rings. The number of halogens is 1. The first kappa shape index (κ1) is 22.6. The van der Waals surface area contributed by atoms with Crippen LogP contribution in [-0.2, 0) is 4.79 Å². The summed E-state index contributed by atoms with van der Waals surface area (Å²) in [6.07, 6.45) is 1.47. The number of urea groups is 1. The predicted octanol–water partition coefficient (Wildman–Crippen LogP) is 4.33. The molecule has 0 atom stereocenters. The van der Waals surface area contributed by atoms with Crippen LogP contribution in [0.4, 0.5) is 10.5 Å². The predicted molar refractivity (Wildman–Crippen MR) is 127 cm³/mol. The van der Waals surface area contributed by atoms with Crippen molar-refractivity contribution in [3.63, 3.8) is 0 Å². The topological polar surface area (TPSA) is 71.1 Å². The number of nitrogens with one attached hydrogen (secondary N) is 1. The first-order chi connectivity index (χ1) is 15.5. The molecule has 2 saturated heterocycles. The van der Waals surface area contributed by atoms with Gasteiger partial charge < -0.3 is 24.6 Å². The third kappa shape index (κ3) is 5.07. The van der Waals surface area contributed by atoms with E-state index in [2.05, 4.69) is 5.32 Å². The molecule has 0 aromatic heterocycles. The van der Waals surface area contributed by atoms with Gasteiger partial charge in [-0.25, -0.2) is 4.79 Å². The summed E-state index contributed by atoms with van der Waals surface area (Å²) in [5, 5.41) is 3.56. The molecule has 4 rings (SSSR count). The van der Waals surface area contributed by atoms with E-state index in [-0.39, 0.29) is 23.4 Å². The molecule has 1 spiro atoms. The van der Waals surface area contributed by atoms with Crippen LogP contribution in [0.3, 0.4) is 0 Å². The second-order valence-electron chi connectivity index (χ2n) is 7.73. The Kier molecular flexibility index (Phi) is 7.01. The van der Waals surface area contributed by atoms with Crippen molar-refractivity contribution in [2.75, 3.05) is 44.4 Å². The number of likely N-dealkylation sites (tertiary alicyclic amines) is 1. The highest BCUT2D eigenvalue weighted by Crippen LogP contribution is 2.44. The van der Waals surface area contributed by atoms with Gasteiger partial charge in [-0.2, -0.15) is 0 Å². The maximum Gasteiger partial charge on any atom is 0.321 e. The fourth-order valence-corrected chi connectivity index (χ4v) is 5.66. The number of nitrogens with zero attached hydrogens (tertiary/aromatic N) is 2. The lowest BCUT2D eigenvalue weighted by atomic mass is 10.0. The molecule has 2 fully saturated rings. The Morgan fingerprint density at radius 2 is 1.69 bits per heavy atom. The number of anilines is 1. The van der Waals surface area contributed by atoms with Crippen LogP contribution < -0.4 is 14.8 Å². The number of hydrogen-bond acceptors (Lipinski definition) is 5. The van der Waals surface area contributed by atoms with Gasteiger partial charge in [0.1, 0.15) is 11.5 Å². The normalized spacial score (nSPS) is 17.3. The Hall–Kier alpha value is -2.58. The van der Waals surface area contributed by atoms with Gasteiger partial charge >= 0.3 is 6.03 Å². The average Bonchev–Trinajstić information content (AvgIpc) is 3.22. The van der Waals surface area contributed by atoms with Gasteiger partial charge in [-0.3, -0.25) is 4.79 Å². The average molecular weight is 476 g/mol. The standard InChI is InChI=1S/C23H26ClN3O4S/c1-30-19-8-4-18(5-9-19)25-22(29)26-12-10-23(11-13-26)27(14-15-32-23)21(28)16-31-20-6-2-17(24)3-7-20/h2-9H,10-16H2,1H3,(H,25,29). The summed E-state index contributed by atoms with van der Waals surface area (Å²) in [6.45, 7) is 1.88. The Balaban J connectivity index is 1.31. The molecule has 9 heteroatoms. The highest BCUT2D eigenvalue weighted by Gasteiger charge is 2.46. The van der Waals surface area contributed by atoms with Crippen LogP contribution in [0.1, 0.15) is 12.8 Å². The molecule has 7 nitrogen and oxygen atoms in total. The Morgan fingerprint density at radius 3 is 2.34 bits per heavy atom. The molecule has 2 heterocycles. The van der Waals surface area contributed by atoms with Crippen LogP contribution in [-0.4, -0.2) is 65.7 Å². The van der Waals surface area contributed by atoms with E-state index in [0.717, 1.165) is 30.0 Å². The zero-order valence-corrected chi connectivity index (χ0v) is 19.5. The maximum absolute atomic E-state index is 12.9. The van der Waals surface area contributed by atoms with Gasteiger partial charge in [0.05, 0.1) is 12.0 Å². The van der Waals surface area contributed by atoms with Crippen LogP contribution in [0.2, 0.25) is 5.02 Å². The largest absolute Gasteiger partial charge is 0.497 e. The van der Waals surface area contributed by atoms with E-state index in [0.29, 0.717) is 30.4 Å². The van der Waals surface area contributed by atoms with E-state index < -0.39 is 0 Å². The lowest BCUT2D eigenvalue weighted by Crippen LogP contribution is -2.55. The fraction of sp³-hybridized carbons (Fsp3) is 0.391. The minimum absolute atomic E-state index is 0.00832. The third-order valence-corrected chi connectivity index (χ3v) is 7.63. The van der Waals surface area contributed by atoms with Crippen LogP contribution in [0.25, 0.3) is 0 Å². The number of hydrogen-bond donors (Lipinski definition) is 1. The van der Waals surface area contributed by atoms with Gasteiger partial charge in [0, 0.05) is 36.1 Å². The maximum atomic E-state index is 12.9.